The lowest BCUT2D eigenvalue weighted by molar-refractivity contribution is -0.141. The van der Waals surface area contributed by atoms with E-state index in [0.29, 0.717) is 17.8 Å². The van der Waals surface area contributed by atoms with Gasteiger partial charge in [0, 0.05) is 7.04 Å². The van der Waals surface area contributed by atoms with E-state index in [0.717, 1.165) is 15.8 Å². The molecule has 0 aliphatic carbocycles. The number of alkyl halides is 3. The molecule has 0 spiro atoms. The van der Waals surface area contributed by atoms with Gasteiger partial charge in [0.1, 0.15) is 11.1 Å². The standard InChI is InChI=1S/C14H17F3N4O3S/c1-3-4-8-5-20(13(22)24-8)6-9-11(14(15,16)17)18-12-21(9)19-10(25-12)7-23-2/h8H,3-7H2,1-2H3/i2D3,7D. The first-order chi connectivity index (χ1) is 13.4. The topological polar surface area (TPSA) is 69.0 Å². The van der Waals surface area contributed by atoms with Crippen molar-refractivity contribution in [1.29, 1.82) is 0 Å². The van der Waals surface area contributed by atoms with Crippen molar-refractivity contribution in [3.05, 3.63) is 16.4 Å². The number of ether oxygens (including phenoxy) is 2. The molecule has 2 unspecified atom stereocenters. The van der Waals surface area contributed by atoms with Crippen molar-refractivity contribution in [2.24, 2.45) is 0 Å². The van der Waals surface area contributed by atoms with Crippen LogP contribution in [0.15, 0.2) is 0 Å². The zero-order valence-electron chi connectivity index (χ0n) is 17.0. The van der Waals surface area contributed by atoms with E-state index in [1.54, 1.807) is 0 Å². The lowest BCUT2D eigenvalue weighted by Crippen LogP contribution is -2.27. The van der Waals surface area contributed by atoms with E-state index in [9.17, 15) is 18.0 Å². The molecule has 2 atom stereocenters. The maximum atomic E-state index is 13.4. The Balaban J connectivity index is 1.94. The third-order valence-corrected chi connectivity index (χ3v) is 4.48. The molecule has 1 saturated heterocycles. The molecule has 1 fully saturated rings. The number of fused-ring (bicyclic) bond motifs is 1. The lowest BCUT2D eigenvalue weighted by Gasteiger charge is -2.14. The monoisotopic (exact) mass is 382 g/mol. The second-order valence-corrected chi connectivity index (χ2v) is 6.44. The molecule has 7 nitrogen and oxygen atoms in total. The molecule has 1 aliphatic rings. The Labute approximate surface area is 151 Å². The van der Waals surface area contributed by atoms with E-state index >= 15 is 0 Å². The summed E-state index contributed by atoms with van der Waals surface area (Å²) in [7, 11) is -2.87. The lowest BCUT2D eigenvalue weighted by atomic mass is 10.2. The van der Waals surface area contributed by atoms with Crippen molar-refractivity contribution in [1.82, 2.24) is 19.5 Å². The molecule has 0 radical (unpaired) electrons. The summed E-state index contributed by atoms with van der Waals surface area (Å²) < 4.78 is 79.7. The number of carbonyl (C=O) groups excluding carboxylic acids is 1. The van der Waals surface area contributed by atoms with Gasteiger partial charge in [0.05, 0.1) is 30.8 Å². The number of cyclic esters (lactones) is 1. The first-order valence-electron chi connectivity index (χ1n) is 9.48. The van der Waals surface area contributed by atoms with Crippen molar-refractivity contribution in [3.8, 4) is 0 Å². The van der Waals surface area contributed by atoms with Crippen LogP contribution in [0.5, 0.6) is 0 Å². The van der Waals surface area contributed by atoms with Gasteiger partial charge in [-0.1, -0.05) is 24.7 Å². The van der Waals surface area contributed by atoms with Crippen LogP contribution in [0.3, 0.4) is 0 Å². The van der Waals surface area contributed by atoms with Gasteiger partial charge in [0.2, 0.25) is 4.96 Å². The summed E-state index contributed by atoms with van der Waals surface area (Å²) in [6, 6.07) is 0. The van der Waals surface area contributed by atoms with Gasteiger partial charge in [0.15, 0.2) is 5.69 Å². The fourth-order valence-electron chi connectivity index (χ4n) is 2.63. The Hall–Kier alpha value is -1.88. The zero-order valence-corrected chi connectivity index (χ0v) is 13.9. The number of methoxy groups -OCH3 is 1. The average molecular weight is 382 g/mol. The second kappa shape index (κ2) is 6.79. The molecular weight excluding hydrogens is 361 g/mol. The highest BCUT2D eigenvalue weighted by atomic mass is 32.1. The molecule has 0 bridgehead atoms. The van der Waals surface area contributed by atoms with Crippen LogP contribution in [-0.4, -0.2) is 45.3 Å². The fraction of sp³-hybridized carbons (Fsp3) is 0.643. The largest absolute Gasteiger partial charge is 0.444 e. The van der Waals surface area contributed by atoms with Crippen LogP contribution in [0, 0.1) is 0 Å². The van der Waals surface area contributed by atoms with Crippen LogP contribution in [0.1, 0.15) is 41.6 Å². The number of nitrogens with zero attached hydrogens (tertiary/aromatic N) is 4. The summed E-state index contributed by atoms with van der Waals surface area (Å²) in [6.07, 6.45) is -4.58. The van der Waals surface area contributed by atoms with E-state index < -0.39 is 49.9 Å². The number of imidazole rings is 1. The Kier molecular flexibility index (Phi) is 3.62. The molecule has 2 aromatic heterocycles. The molecule has 0 N–H and O–H groups in total. The summed E-state index contributed by atoms with van der Waals surface area (Å²) in [5.74, 6) is 0. The van der Waals surface area contributed by atoms with Crippen molar-refractivity contribution in [3.63, 3.8) is 0 Å². The summed E-state index contributed by atoms with van der Waals surface area (Å²) >= 11 is 0.608. The number of hydrogen-bond acceptors (Lipinski definition) is 6. The molecular formula is C14H17F3N4O3S. The summed E-state index contributed by atoms with van der Waals surface area (Å²) in [5, 5.41) is 3.71. The molecule has 25 heavy (non-hydrogen) atoms. The summed E-state index contributed by atoms with van der Waals surface area (Å²) in [5.41, 5.74) is -1.60. The minimum atomic E-state index is -4.79. The minimum absolute atomic E-state index is 0.136. The molecule has 3 heterocycles. The Morgan fingerprint density at radius 2 is 2.36 bits per heavy atom. The van der Waals surface area contributed by atoms with Crippen molar-refractivity contribution < 1.29 is 32.9 Å². The van der Waals surface area contributed by atoms with Gasteiger partial charge in [-0.25, -0.2) is 14.3 Å². The highest BCUT2D eigenvalue weighted by molar-refractivity contribution is 7.16. The van der Waals surface area contributed by atoms with E-state index in [2.05, 4.69) is 14.8 Å². The predicted octanol–water partition coefficient (Wildman–Crippen LogP) is 3.08. The highest BCUT2D eigenvalue weighted by Crippen LogP contribution is 2.34. The van der Waals surface area contributed by atoms with Gasteiger partial charge in [-0.15, -0.1) is 0 Å². The smallest absolute Gasteiger partial charge is 0.435 e. The van der Waals surface area contributed by atoms with Crippen LogP contribution >= 0.6 is 11.3 Å². The molecule has 2 aromatic rings. The number of rotatable bonds is 6. The number of carbonyl (C=O) groups is 1. The van der Waals surface area contributed by atoms with Crippen molar-refractivity contribution >= 4 is 22.4 Å². The van der Waals surface area contributed by atoms with Crippen molar-refractivity contribution in [2.75, 3.05) is 13.6 Å². The van der Waals surface area contributed by atoms with E-state index in [4.69, 9.17) is 10.2 Å². The molecule has 1 amide bonds. The number of amides is 1. The summed E-state index contributed by atoms with van der Waals surface area (Å²) in [6.45, 7) is -0.130. The van der Waals surface area contributed by atoms with Gasteiger partial charge in [-0.05, 0) is 6.42 Å². The van der Waals surface area contributed by atoms with E-state index in [1.165, 1.54) is 0 Å². The fourth-order valence-corrected chi connectivity index (χ4v) is 3.41. The maximum Gasteiger partial charge on any atom is 0.435 e. The molecule has 1 aliphatic heterocycles. The minimum Gasteiger partial charge on any atom is -0.444 e. The highest BCUT2D eigenvalue weighted by Gasteiger charge is 2.41. The van der Waals surface area contributed by atoms with E-state index in [-0.39, 0.29) is 16.5 Å². The van der Waals surface area contributed by atoms with Gasteiger partial charge in [0.25, 0.3) is 0 Å². The Morgan fingerprint density at radius 1 is 1.56 bits per heavy atom. The second-order valence-electron chi connectivity index (χ2n) is 5.45. The van der Waals surface area contributed by atoms with Crippen molar-refractivity contribution in [2.45, 2.75) is 45.2 Å². The number of halogens is 3. The SMILES string of the molecule is [2H]C(OC([2H])([2H])[2H])c1nn2c(CN3CC(CCC)OC3=O)c(C(F)(F)F)nc2s1. The van der Waals surface area contributed by atoms with Crippen LogP contribution in [0.4, 0.5) is 18.0 Å². The molecule has 3 rings (SSSR count). The first kappa shape index (κ1) is 13.3. The van der Waals surface area contributed by atoms with E-state index in [1.807, 2.05) is 6.92 Å². The zero-order chi connectivity index (χ0) is 21.6. The summed E-state index contributed by atoms with van der Waals surface area (Å²) in [4.78, 5) is 16.5. The van der Waals surface area contributed by atoms with Crippen LogP contribution in [-0.2, 0) is 28.8 Å². The van der Waals surface area contributed by atoms with Gasteiger partial charge < -0.3 is 9.47 Å². The molecule has 138 valence electrons. The third-order valence-electron chi connectivity index (χ3n) is 3.64. The maximum absolute atomic E-state index is 13.4. The van der Waals surface area contributed by atoms with Crippen LogP contribution in [0.2, 0.25) is 0 Å². The number of hydrogen-bond donors (Lipinski definition) is 0. The Bertz CT molecular complexity index is 901. The molecule has 0 saturated carbocycles. The van der Waals surface area contributed by atoms with Gasteiger partial charge >= 0.3 is 12.3 Å². The van der Waals surface area contributed by atoms with Gasteiger partial charge in [-0.3, -0.25) is 4.90 Å². The van der Waals surface area contributed by atoms with Crippen LogP contribution < -0.4 is 0 Å². The molecule has 11 heteroatoms. The normalized spacial score (nSPS) is 22.5. The van der Waals surface area contributed by atoms with Gasteiger partial charge in [-0.2, -0.15) is 18.3 Å². The first-order valence-corrected chi connectivity index (χ1v) is 8.22. The predicted molar refractivity (Wildman–Crippen MR) is 82.2 cm³/mol. The third kappa shape index (κ3) is 3.56. The quantitative estimate of drug-likeness (QED) is 0.768. The van der Waals surface area contributed by atoms with Crippen LogP contribution in [0.25, 0.3) is 4.96 Å². The average Bonchev–Trinajstić information content (AvgIpc) is 3.20. The number of aromatic nitrogens is 3. The Morgan fingerprint density at radius 3 is 3.04 bits per heavy atom. The molecule has 0 aromatic carbocycles.